The fourth-order valence-corrected chi connectivity index (χ4v) is 2.37. The van der Waals surface area contributed by atoms with Gasteiger partial charge in [0, 0.05) is 5.69 Å². The van der Waals surface area contributed by atoms with Crippen molar-refractivity contribution in [1.29, 1.82) is 5.26 Å². The van der Waals surface area contributed by atoms with Crippen molar-refractivity contribution in [2.45, 2.75) is 6.92 Å². The van der Waals surface area contributed by atoms with Crippen molar-refractivity contribution in [2.24, 2.45) is 0 Å². The fourth-order valence-electron chi connectivity index (χ4n) is 2.37. The largest absolute Gasteiger partial charge is 0.478 e. The topological polar surface area (TPSA) is 78.9 Å². The minimum atomic E-state index is -0.979. The van der Waals surface area contributed by atoms with Gasteiger partial charge in [0.1, 0.15) is 5.82 Å². The molecule has 1 N–H and O–H groups in total. The van der Waals surface area contributed by atoms with E-state index in [2.05, 4.69) is 11.1 Å². The Morgan fingerprint density at radius 3 is 2.81 bits per heavy atom. The Hall–Kier alpha value is -3.13. The number of fused-ring (bicyclic) bond motifs is 1. The van der Waals surface area contributed by atoms with Gasteiger partial charge in [-0.15, -0.1) is 0 Å². The molecule has 0 saturated carbocycles. The molecule has 2 aromatic carbocycles. The number of carboxylic acid groups (broad SMARTS) is 1. The van der Waals surface area contributed by atoms with Gasteiger partial charge in [-0.25, -0.2) is 9.78 Å². The molecular formula is C16H11N3O2. The molecule has 0 fully saturated rings. The number of benzene rings is 2. The van der Waals surface area contributed by atoms with E-state index in [0.717, 1.165) is 17.0 Å². The van der Waals surface area contributed by atoms with Crippen molar-refractivity contribution in [3.05, 3.63) is 59.4 Å². The molecule has 0 aliphatic rings. The van der Waals surface area contributed by atoms with Gasteiger partial charge in [-0.05, 0) is 43.3 Å². The molecule has 0 radical (unpaired) electrons. The van der Waals surface area contributed by atoms with E-state index < -0.39 is 5.97 Å². The number of aromatic carboxylic acids is 1. The number of hydrogen-bond acceptors (Lipinski definition) is 3. The van der Waals surface area contributed by atoms with Gasteiger partial charge >= 0.3 is 5.97 Å². The molecule has 3 rings (SSSR count). The SMILES string of the molecule is Cc1nc2ccc(C(=O)O)cc2n1-c1cccc(C#N)c1. The first-order valence-corrected chi connectivity index (χ1v) is 6.33. The maximum absolute atomic E-state index is 11.1. The first kappa shape index (κ1) is 12.9. The van der Waals surface area contributed by atoms with Crippen LogP contribution in [0.25, 0.3) is 16.7 Å². The Morgan fingerprint density at radius 1 is 1.29 bits per heavy atom. The number of carboxylic acids is 1. The summed E-state index contributed by atoms with van der Waals surface area (Å²) in [5.41, 5.74) is 2.97. The lowest BCUT2D eigenvalue weighted by atomic mass is 10.2. The lowest BCUT2D eigenvalue weighted by Crippen LogP contribution is -1.99. The number of carbonyl (C=O) groups is 1. The summed E-state index contributed by atoms with van der Waals surface area (Å²) in [5.74, 6) is -0.240. The first-order valence-electron chi connectivity index (χ1n) is 6.33. The Labute approximate surface area is 120 Å². The van der Waals surface area contributed by atoms with Gasteiger partial charge < -0.3 is 5.11 Å². The highest BCUT2D eigenvalue weighted by atomic mass is 16.4. The summed E-state index contributed by atoms with van der Waals surface area (Å²) in [5, 5.41) is 18.1. The minimum absolute atomic E-state index is 0.208. The molecule has 21 heavy (non-hydrogen) atoms. The molecule has 5 nitrogen and oxygen atoms in total. The standard InChI is InChI=1S/C16H11N3O2/c1-10-18-14-6-5-12(16(20)21)8-15(14)19(10)13-4-2-3-11(7-13)9-17/h2-8H,1H3,(H,20,21). The van der Waals surface area contributed by atoms with Crippen LogP contribution in [-0.4, -0.2) is 20.6 Å². The number of rotatable bonds is 2. The number of aryl methyl sites for hydroxylation is 1. The summed E-state index contributed by atoms with van der Waals surface area (Å²) < 4.78 is 1.85. The van der Waals surface area contributed by atoms with E-state index in [1.807, 2.05) is 17.6 Å². The average Bonchev–Trinajstić information content (AvgIpc) is 2.82. The van der Waals surface area contributed by atoms with Crippen LogP contribution in [0.1, 0.15) is 21.7 Å². The van der Waals surface area contributed by atoms with E-state index in [1.165, 1.54) is 6.07 Å². The third-order valence-electron chi connectivity index (χ3n) is 3.30. The summed E-state index contributed by atoms with van der Waals surface area (Å²) in [6.07, 6.45) is 0. The van der Waals surface area contributed by atoms with Crippen LogP contribution in [0.15, 0.2) is 42.5 Å². The molecule has 1 heterocycles. The zero-order valence-corrected chi connectivity index (χ0v) is 11.2. The van der Waals surface area contributed by atoms with Crippen LogP contribution in [-0.2, 0) is 0 Å². The zero-order chi connectivity index (χ0) is 15.0. The first-order chi connectivity index (χ1) is 10.1. The van der Waals surface area contributed by atoms with Crippen LogP contribution in [0.4, 0.5) is 0 Å². The van der Waals surface area contributed by atoms with Crippen molar-refractivity contribution in [3.63, 3.8) is 0 Å². The predicted molar refractivity (Wildman–Crippen MR) is 77.5 cm³/mol. The summed E-state index contributed by atoms with van der Waals surface area (Å²) in [6, 6.07) is 14.0. The second-order valence-electron chi connectivity index (χ2n) is 4.67. The van der Waals surface area contributed by atoms with Crippen molar-refractivity contribution in [3.8, 4) is 11.8 Å². The van der Waals surface area contributed by atoms with Crippen LogP contribution in [0.3, 0.4) is 0 Å². The molecule has 3 aromatic rings. The van der Waals surface area contributed by atoms with Gasteiger partial charge in [0.2, 0.25) is 0 Å². The molecule has 0 aliphatic carbocycles. The average molecular weight is 277 g/mol. The molecule has 5 heteroatoms. The van der Waals surface area contributed by atoms with Crippen molar-refractivity contribution in [1.82, 2.24) is 9.55 Å². The van der Waals surface area contributed by atoms with E-state index in [4.69, 9.17) is 10.4 Å². The predicted octanol–water partition coefficient (Wildman–Crippen LogP) is 2.90. The van der Waals surface area contributed by atoms with E-state index in [9.17, 15) is 4.79 Å². The van der Waals surface area contributed by atoms with Gasteiger partial charge in [0.05, 0.1) is 28.2 Å². The summed E-state index contributed by atoms with van der Waals surface area (Å²) >= 11 is 0. The molecule has 0 amide bonds. The number of hydrogen-bond donors (Lipinski definition) is 1. The Bertz CT molecular complexity index is 904. The maximum atomic E-state index is 11.1. The zero-order valence-electron chi connectivity index (χ0n) is 11.2. The van der Waals surface area contributed by atoms with E-state index in [0.29, 0.717) is 11.1 Å². The van der Waals surface area contributed by atoms with Gasteiger partial charge in [0.15, 0.2) is 0 Å². The molecule has 0 aliphatic heterocycles. The van der Waals surface area contributed by atoms with Crippen LogP contribution in [0.2, 0.25) is 0 Å². The van der Waals surface area contributed by atoms with Gasteiger partial charge in [-0.3, -0.25) is 4.57 Å². The number of imidazole rings is 1. The number of aromatic nitrogens is 2. The highest BCUT2D eigenvalue weighted by Gasteiger charge is 2.12. The summed E-state index contributed by atoms with van der Waals surface area (Å²) in [7, 11) is 0. The van der Waals surface area contributed by atoms with E-state index in [1.54, 1.807) is 30.3 Å². The Morgan fingerprint density at radius 2 is 2.10 bits per heavy atom. The third kappa shape index (κ3) is 2.13. The van der Waals surface area contributed by atoms with E-state index in [-0.39, 0.29) is 5.56 Å². The van der Waals surface area contributed by atoms with Gasteiger partial charge in [0.25, 0.3) is 0 Å². The lowest BCUT2D eigenvalue weighted by Gasteiger charge is -2.07. The quantitative estimate of drug-likeness (QED) is 0.781. The fraction of sp³-hybridized carbons (Fsp3) is 0.0625. The molecule has 102 valence electrons. The van der Waals surface area contributed by atoms with Crippen LogP contribution in [0.5, 0.6) is 0 Å². The summed E-state index contributed by atoms with van der Waals surface area (Å²) in [4.78, 5) is 15.6. The Kier molecular flexibility index (Phi) is 2.92. The monoisotopic (exact) mass is 277 g/mol. The Balaban J connectivity index is 2.30. The molecule has 0 bridgehead atoms. The lowest BCUT2D eigenvalue weighted by molar-refractivity contribution is 0.0697. The minimum Gasteiger partial charge on any atom is -0.478 e. The molecule has 0 unspecified atom stereocenters. The summed E-state index contributed by atoms with van der Waals surface area (Å²) in [6.45, 7) is 1.85. The van der Waals surface area contributed by atoms with Gasteiger partial charge in [-0.1, -0.05) is 6.07 Å². The van der Waals surface area contributed by atoms with Crippen LogP contribution in [0, 0.1) is 18.3 Å². The second-order valence-corrected chi connectivity index (χ2v) is 4.67. The molecule has 0 spiro atoms. The van der Waals surface area contributed by atoms with Crippen molar-refractivity contribution >= 4 is 17.0 Å². The smallest absolute Gasteiger partial charge is 0.335 e. The highest BCUT2D eigenvalue weighted by Crippen LogP contribution is 2.23. The maximum Gasteiger partial charge on any atom is 0.335 e. The van der Waals surface area contributed by atoms with Crippen LogP contribution >= 0.6 is 0 Å². The number of nitriles is 1. The van der Waals surface area contributed by atoms with Gasteiger partial charge in [-0.2, -0.15) is 5.26 Å². The number of nitrogens with zero attached hydrogens (tertiary/aromatic N) is 3. The third-order valence-corrected chi connectivity index (χ3v) is 3.30. The van der Waals surface area contributed by atoms with Crippen LogP contribution < -0.4 is 0 Å². The van der Waals surface area contributed by atoms with Crippen molar-refractivity contribution in [2.75, 3.05) is 0 Å². The van der Waals surface area contributed by atoms with E-state index >= 15 is 0 Å². The molecule has 0 atom stereocenters. The van der Waals surface area contributed by atoms with Crippen molar-refractivity contribution < 1.29 is 9.90 Å². The highest BCUT2D eigenvalue weighted by molar-refractivity contribution is 5.93. The second kappa shape index (κ2) is 4.76. The molecule has 1 aromatic heterocycles. The molecular weight excluding hydrogens is 266 g/mol. The normalized spacial score (nSPS) is 10.5. The molecule has 0 saturated heterocycles.